The second-order valence-electron chi connectivity index (χ2n) is 6.81. The molecule has 0 aromatic carbocycles. The van der Waals surface area contributed by atoms with Gasteiger partial charge >= 0.3 is 6.09 Å². The highest BCUT2D eigenvalue weighted by Gasteiger charge is 2.31. The van der Waals surface area contributed by atoms with Gasteiger partial charge in [0.2, 0.25) is 0 Å². The van der Waals surface area contributed by atoms with E-state index in [0.29, 0.717) is 0 Å². The van der Waals surface area contributed by atoms with Gasteiger partial charge in [-0.3, -0.25) is 0 Å². The number of carbonyl (C=O) groups excluding carboxylic acids is 1. The Bertz CT molecular complexity index is 297. The first kappa shape index (κ1) is 18.9. The molecule has 0 radical (unpaired) electrons. The molecule has 0 saturated heterocycles. The molecule has 114 valence electrons. The van der Waals surface area contributed by atoms with Crippen molar-refractivity contribution in [3.63, 3.8) is 0 Å². The molecule has 0 heterocycles. The van der Waals surface area contributed by atoms with Gasteiger partial charge in [-0.25, -0.2) is 4.79 Å². The van der Waals surface area contributed by atoms with Crippen molar-refractivity contribution in [1.29, 1.82) is 0 Å². The highest BCUT2D eigenvalue weighted by Crippen LogP contribution is 2.52. The third-order valence-corrected chi connectivity index (χ3v) is 4.60. The van der Waals surface area contributed by atoms with E-state index in [1.54, 1.807) is 0 Å². The predicted molar refractivity (Wildman–Crippen MR) is 81.6 cm³/mol. The number of alkyl carbamates (subject to hydrolysis) is 1. The Morgan fingerprint density at radius 3 is 1.89 bits per heavy atom. The monoisotopic (exact) mass is 311 g/mol. The maximum absolute atomic E-state index is 11.8. The summed E-state index contributed by atoms with van der Waals surface area (Å²) >= 11 is 6.31. The molecule has 0 rings (SSSR count). The minimum absolute atomic E-state index is 0.165. The molecule has 0 aliphatic heterocycles. The number of hydrogen-bond acceptors (Lipinski definition) is 3. The minimum atomic E-state index is -1.29. The number of nitrogens with one attached hydrogen (secondary N) is 1. The lowest BCUT2D eigenvalue weighted by Crippen LogP contribution is -2.41. The zero-order chi connectivity index (χ0) is 15.4. The minimum Gasteiger partial charge on any atom is -0.444 e. The second kappa shape index (κ2) is 7.10. The maximum atomic E-state index is 11.8. The van der Waals surface area contributed by atoms with Crippen LogP contribution in [0.1, 0.15) is 55.4 Å². The largest absolute Gasteiger partial charge is 0.444 e. The molecule has 2 atom stereocenters. The van der Waals surface area contributed by atoms with Crippen LogP contribution in [0.2, 0.25) is 0 Å². The van der Waals surface area contributed by atoms with Crippen molar-refractivity contribution in [3.8, 4) is 0 Å². The number of amides is 1. The van der Waals surface area contributed by atoms with Crippen molar-refractivity contribution in [1.82, 2.24) is 5.32 Å². The van der Waals surface area contributed by atoms with E-state index in [1.807, 2.05) is 55.4 Å². The summed E-state index contributed by atoms with van der Waals surface area (Å²) in [4.78, 5) is 11.8. The van der Waals surface area contributed by atoms with Gasteiger partial charge in [0.25, 0.3) is 0 Å². The summed E-state index contributed by atoms with van der Waals surface area (Å²) in [6.07, 6.45) is -0.461. The van der Waals surface area contributed by atoms with Gasteiger partial charge in [0, 0.05) is 0 Å². The molecule has 0 aromatic heterocycles. The normalized spacial score (nSPS) is 16.1. The van der Waals surface area contributed by atoms with E-state index >= 15 is 0 Å². The fourth-order valence-electron chi connectivity index (χ4n) is 1.20. The van der Waals surface area contributed by atoms with E-state index in [1.165, 1.54) is 0 Å². The number of rotatable bonds is 4. The number of hydrogen-bond donors (Lipinski definition) is 1. The van der Waals surface area contributed by atoms with E-state index in [0.717, 1.165) is 0 Å². The van der Waals surface area contributed by atoms with Gasteiger partial charge in [0.1, 0.15) is 13.1 Å². The zero-order valence-corrected chi connectivity index (χ0v) is 14.9. The third-order valence-electron chi connectivity index (χ3n) is 1.88. The van der Waals surface area contributed by atoms with Crippen molar-refractivity contribution >= 4 is 24.8 Å². The molecule has 0 spiro atoms. The number of halogens is 1. The van der Waals surface area contributed by atoms with Crippen molar-refractivity contribution in [2.45, 2.75) is 72.4 Å². The molecule has 0 bridgehead atoms. The molecule has 0 aliphatic carbocycles. The van der Waals surface area contributed by atoms with Crippen LogP contribution in [0.5, 0.6) is 0 Å². The molecule has 0 saturated carbocycles. The Balaban J connectivity index is 4.62. The van der Waals surface area contributed by atoms with E-state index in [9.17, 15) is 4.79 Å². The first-order chi connectivity index (χ1) is 8.32. The van der Waals surface area contributed by atoms with Gasteiger partial charge < -0.3 is 14.6 Å². The lowest BCUT2D eigenvalue weighted by Gasteiger charge is -2.31. The first-order valence-corrected chi connectivity index (χ1v) is 8.69. The summed E-state index contributed by atoms with van der Waals surface area (Å²) in [5, 5.41) is 2.81. The Kier molecular flexibility index (Phi) is 7.08. The summed E-state index contributed by atoms with van der Waals surface area (Å²) in [5.41, 5.74) is -0.859. The Morgan fingerprint density at radius 2 is 1.58 bits per heavy atom. The summed E-state index contributed by atoms with van der Waals surface area (Å²) in [6, 6.07) is 0. The quantitative estimate of drug-likeness (QED) is 0.754. The zero-order valence-electron chi connectivity index (χ0n) is 13.2. The lowest BCUT2D eigenvalue weighted by molar-refractivity contribution is 0.0505. The van der Waals surface area contributed by atoms with E-state index in [-0.39, 0.29) is 17.3 Å². The van der Waals surface area contributed by atoms with Gasteiger partial charge in [0.15, 0.2) is 0 Å². The summed E-state index contributed by atoms with van der Waals surface area (Å²) in [6.45, 7) is 15.3. The smallest absolute Gasteiger partial charge is 0.408 e. The van der Waals surface area contributed by atoms with Crippen LogP contribution in [0, 0.1) is 5.92 Å². The van der Waals surface area contributed by atoms with E-state index in [2.05, 4.69) is 5.32 Å². The Labute approximate surface area is 123 Å². The molecule has 1 amide bonds. The van der Waals surface area contributed by atoms with Crippen LogP contribution in [0.4, 0.5) is 4.79 Å². The van der Waals surface area contributed by atoms with Crippen LogP contribution in [0.25, 0.3) is 0 Å². The molecule has 6 heteroatoms. The summed E-state index contributed by atoms with van der Waals surface area (Å²) in [7, 11) is -1.29. The average Bonchev–Trinajstić information content (AvgIpc) is 2.07. The van der Waals surface area contributed by atoms with Gasteiger partial charge in [0.05, 0.1) is 11.4 Å². The van der Waals surface area contributed by atoms with Gasteiger partial charge in [-0.2, -0.15) is 0 Å². The molecule has 1 N–H and O–H groups in total. The Hall–Kier alpha value is -0.0500. The van der Waals surface area contributed by atoms with Crippen LogP contribution in [0.15, 0.2) is 0 Å². The fraction of sp³-hybridized carbons (Fsp3) is 0.923. The second-order valence-corrected chi connectivity index (χ2v) is 9.09. The first-order valence-electron chi connectivity index (χ1n) is 6.45. The molecule has 0 fully saturated rings. The number of carbonyl (C=O) groups is 1. The van der Waals surface area contributed by atoms with Gasteiger partial charge in [-0.05, 0) is 47.5 Å². The van der Waals surface area contributed by atoms with Crippen LogP contribution in [-0.2, 0) is 9.26 Å². The lowest BCUT2D eigenvalue weighted by atomic mass is 10.2. The molecule has 0 aromatic rings. The molecular weight excluding hydrogens is 285 g/mol. The third kappa shape index (κ3) is 9.48. The van der Waals surface area contributed by atoms with Crippen LogP contribution < -0.4 is 5.32 Å². The van der Waals surface area contributed by atoms with Crippen molar-refractivity contribution in [2.24, 2.45) is 5.92 Å². The molecule has 4 nitrogen and oxygen atoms in total. The molecular formula is C13H27ClNO3P. The van der Waals surface area contributed by atoms with Gasteiger partial charge in [-0.1, -0.05) is 25.1 Å². The summed E-state index contributed by atoms with van der Waals surface area (Å²) in [5.74, 6) is -0.0794. The fourth-order valence-corrected chi connectivity index (χ4v) is 3.95. The molecule has 0 aliphatic rings. The molecule has 19 heavy (non-hydrogen) atoms. The van der Waals surface area contributed by atoms with Gasteiger partial charge in [-0.15, -0.1) is 0 Å². The van der Waals surface area contributed by atoms with E-state index < -0.39 is 19.2 Å². The maximum Gasteiger partial charge on any atom is 0.408 e. The van der Waals surface area contributed by atoms with Crippen LogP contribution >= 0.6 is 18.7 Å². The van der Waals surface area contributed by atoms with Crippen molar-refractivity contribution < 1.29 is 14.1 Å². The van der Waals surface area contributed by atoms with Crippen molar-refractivity contribution in [2.75, 3.05) is 0 Å². The van der Waals surface area contributed by atoms with Crippen LogP contribution in [0.3, 0.4) is 0 Å². The summed E-state index contributed by atoms with van der Waals surface area (Å²) < 4.78 is 11.0. The van der Waals surface area contributed by atoms with Crippen LogP contribution in [-0.4, -0.2) is 23.1 Å². The highest BCUT2D eigenvalue weighted by atomic mass is 35.7. The number of ether oxygens (including phenoxy) is 1. The Morgan fingerprint density at radius 1 is 1.11 bits per heavy atom. The van der Waals surface area contributed by atoms with E-state index in [4.69, 9.17) is 20.5 Å². The van der Waals surface area contributed by atoms with Crippen molar-refractivity contribution in [3.05, 3.63) is 0 Å². The highest BCUT2D eigenvalue weighted by molar-refractivity contribution is 7.80. The average molecular weight is 312 g/mol. The SMILES string of the molecule is CC(C)C(NC(=O)OC(C)(C)C)P(Cl)OC(C)(C)C. The topological polar surface area (TPSA) is 47.6 Å². The predicted octanol–water partition coefficient (Wildman–Crippen LogP) is 4.86. The molecule has 2 unspecified atom stereocenters. The standard InChI is InChI=1S/C13H27ClNO3P/c1-9(2)10(19(14)18-13(6,7)8)15-11(16)17-12(3,4)5/h9-10H,1-8H3,(H,15,16).